The molecule has 0 aromatic heterocycles. The molecule has 1 rings (SSSR count). The summed E-state index contributed by atoms with van der Waals surface area (Å²) in [6, 6.07) is 0. The number of hydrogen-bond donors (Lipinski definition) is 0. The van der Waals surface area contributed by atoms with Crippen LogP contribution in [-0.4, -0.2) is 27.8 Å². The Kier molecular flexibility index (Phi) is 1.99. The summed E-state index contributed by atoms with van der Waals surface area (Å²) in [5.41, 5.74) is 0. The van der Waals surface area contributed by atoms with E-state index < -0.39 is 0 Å². The third-order valence-electron chi connectivity index (χ3n) is 1.43. The average molecular weight is 159 g/mol. The first kappa shape index (κ1) is 7.60. The van der Waals surface area contributed by atoms with Gasteiger partial charge in [-0.1, -0.05) is 11.8 Å². The lowest BCUT2D eigenvalue weighted by Crippen LogP contribution is -2.30. The largest absolute Gasteiger partial charge is 0.289 e. The number of carbonyl (C=O) groups is 2. The highest BCUT2D eigenvalue weighted by Crippen LogP contribution is 2.25. The van der Waals surface area contributed by atoms with Crippen molar-refractivity contribution in [3.05, 3.63) is 0 Å². The van der Waals surface area contributed by atoms with E-state index >= 15 is 0 Å². The predicted molar refractivity (Wildman–Crippen MR) is 39.8 cm³/mol. The lowest BCUT2D eigenvalue weighted by Gasteiger charge is -2.07. The van der Waals surface area contributed by atoms with Crippen molar-refractivity contribution in [2.24, 2.45) is 0 Å². The first-order valence-electron chi connectivity index (χ1n) is 3.18. The second-order valence-corrected chi connectivity index (χ2v) is 3.40. The summed E-state index contributed by atoms with van der Waals surface area (Å²) in [5.74, 6) is -0.0579. The van der Waals surface area contributed by atoms with E-state index in [0.29, 0.717) is 6.54 Å². The first-order chi connectivity index (χ1) is 4.66. The van der Waals surface area contributed by atoms with Crippen LogP contribution in [-0.2, 0) is 4.79 Å². The number of imide groups is 1. The number of nitrogens with zero attached hydrogens (tertiary/aromatic N) is 1. The third kappa shape index (κ3) is 1.03. The molecule has 56 valence electrons. The molecule has 0 bridgehead atoms. The number of rotatable bonds is 1. The normalized spacial score (nSPS) is 26.2. The molecule has 1 fully saturated rings. The van der Waals surface area contributed by atoms with Crippen molar-refractivity contribution < 1.29 is 9.59 Å². The van der Waals surface area contributed by atoms with Gasteiger partial charge in [-0.05, 0) is 13.8 Å². The van der Waals surface area contributed by atoms with Crippen LogP contribution in [0.3, 0.4) is 0 Å². The maximum Gasteiger partial charge on any atom is 0.289 e. The van der Waals surface area contributed by atoms with Crippen molar-refractivity contribution in [1.29, 1.82) is 0 Å². The van der Waals surface area contributed by atoms with Crippen LogP contribution >= 0.6 is 11.8 Å². The summed E-state index contributed by atoms with van der Waals surface area (Å²) in [7, 11) is 0. The fourth-order valence-electron chi connectivity index (χ4n) is 0.860. The van der Waals surface area contributed by atoms with Gasteiger partial charge in [-0.3, -0.25) is 14.5 Å². The van der Waals surface area contributed by atoms with Gasteiger partial charge in [0, 0.05) is 6.54 Å². The molecule has 2 amide bonds. The van der Waals surface area contributed by atoms with Crippen LogP contribution in [0, 0.1) is 0 Å². The Hall–Kier alpha value is -0.510. The van der Waals surface area contributed by atoms with Crippen molar-refractivity contribution >= 4 is 22.9 Å². The van der Waals surface area contributed by atoms with Crippen LogP contribution in [0.25, 0.3) is 0 Å². The van der Waals surface area contributed by atoms with Gasteiger partial charge in [-0.15, -0.1) is 0 Å². The van der Waals surface area contributed by atoms with Crippen molar-refractivity contribution in [3.63, 3.8) is 0 Å². The van der Waals surface area contributed by atoms with Crippen molar-refractivity contribution in [1.82, 2.24) is 4.90 Å². The maximum absolute atomic E-state index is 11.0. The van der Waals surface area contributed by atoms with Gasteiger partial charge in [0.1, 0.15) is 0 Å². The Labute approximate surface area is 63.8 Å². The van der Waals surface area contributed by atoms with E-state index in [-0.39, 0.29) is 16.4 Å². The highest BCUT2D eigenvalue weighted by atomic mass is 32.2. The van der Waals surface area contributed by atoms with Gasteiger partial charge in [0.15, 0.2) is 0 Å². The van der Waals surface area contributed by atoms with Gasteiger partial charge in [0.25, 0.3) is 5.24 Å². The maximum atomic E-state index is 11.0. The van der Waals surface area contributed by atoms with E-state index in [1.807, 2.05) is 0 Å². The Morgan fingerprint density at radius 2 is 2.20 bits per heavy atom. The van der Waals surface area contributed by atoms with Crippen LogP contribution < -0.4 is 0 Å². The molecular weight excluding hydrogens is 150 g/mol. The van der Waals surface area contributed by atoms with Gasteiger partial charge in [0.2, 0.25) is 5.91 Å². The summed E-state index contributed by atoms with van der Waals surface area (Å²) >= 11 is 1.10. The quantitative estimate of drug-likeness (QED) is 0.574. The van der Waals surface area contributed by atoms with E-state index in [1.54, 1.807) is 13.8 Å². The van der Waals surface area contributed by atoms with Gasteiger partial charge in [-0.25, -0.2) is 0 Å². The minimum atomic E-state index is -0.174. The second-order valence-electron chi connectivity index (χ2n) is 2.11. The molecular formula is C6H9NO2S. The SMILES string of the molecule is CCN1C(=O)SC(C)C1=O. The molecule has 1 aliphatic heterocycles. The molecule has 1 atom stereocenters. The molecule has 1 saturated heterocycles. The molecule has 0 spiro atoms. The highest BCUT2D eigenvalue weighted by molar-refractivity contribution is 8.15. The Bertz CT molecular complexity index is 181. The van der Waals surface area contributed by atoms with Crippen molar-refractivity contribution in [2.75, 3.05) is 6.54 Å². The topological polar surface area (TPSA) is 37.4 Å². The van der Waals surface area contributed by atoms with Crippen molar-refractivity contribution in [2.45, 2.75) is 19.1 Å². The van der Waals surface area contributed by atoms with Gasteiger partial charge in [0.05, 0.1) is 5.25 Å². The average Bonchev–Trinajstić information content (AvgIpc) is 2.09. The fourth-order valence-corrected chi connectivity index (χ4v) is 1.74. The number of thioether (sulfide) groups is 1. The predicted octanol–water partition coefficient (Wildman–Crippen LogP) is 1.09. The Morgan fingerprint density at radius 1 is 1.60 bits per heavy atom. The van der Waals surface area contributed by atoms with E-state index in [4.69, 9.17) is 0 Å². The van der Waals surface area contributed by atoms with Gasteiger partial charge >= 0.3 is 0 Å². The minimum Gasteiger partial charge on any atom is -0.273 e. The molecule has 10 heavy (non-hydrogen) atoms. The summed E-state index contributed by atoms with van der Waals surface area (Å²) < 4.78 is 0. The molecule has 1 heterocycles. The lowest BCUT2D eigenvalue weighted by atomic mass is 10.4. The molecule has 1 unspecified atom stereocenters. The van der Waals surface area contributed by atoms with E-state index in [1.165, 1.54) is 4.90 Å². The van der Waals surface area contributed by atoms with Gasteiger partial charge < -0.3 is 0 Å². The summed E-state index contributed by atoms with van der Waals surface area (Å²) in [4.78, 5) is 23.2. The standard InChI is InChI=1S/C6H9NO2S/c1-3-7-5(8)4(2)10-6(7)9/h4H,3H2,1-2H3. The fraction of sp³-hybridized carbons (Fsp3) is 0.667. The zero-order valence-corrected chi connectivity index (χ0v) is 6.77. The van der Waals surface area contributed by atoms with E-state index in [0.717, 1.165) is 11.8 Å². The Balaban J connectivity index is 2.74. The summed E-state index contributed by atoms with van der Waals surface area (Å²) in [5, 5.41) is -0.285. The molecule has 1 aliphatic rings. The van der Waals surface area contributed by atoms with E-state index in [9.17, 15) is 9.59 Å². The monoisotopic (exact) mass is 159 g/mol. The molecule has 0 N–H and O–H groups in total. The van der Waals surface area contributed by atoms with Gasteiger partial charge in [-0.2, -0.15) is 0 Å². The molecule has 0 aliphatic carbocycles. The molecule has 4 heteroatoms. The number of carbonyl (C=O) groups excluding carboxylic acids is 2. The van der Waals surface area contributed by atoms with E-state index in [2.05, 4.69) is 0 Å². The lowest BCUT2D eigenvalue weighted by molar-refractivity contribution is -0.126. The van der Waals surface area contributed by atoms with Crippen LogP contribution in [0.5, 0.6) is 0 Å². The zero-order chi connectivity index (χ0) is 7.72. The van der Waals surface area contributed by atoms with Crippen LogP contribution in [0.15, 0.2) is 0 Å². The van der Waals surface area contributed by atoms with Crippen LogP contribution in [0.4, 0.5) is 4.79 Å². The smallest absolute Gasteiger partial charge is 0.273 e. The first-order valence-corrected chi connectivity index (χ1v) is 4.06. The second kappa shape index (κ2) is 2.62. The minimum absolute atomic E-state index is 0.0579. The summed E-state index contributed by atoms with van der Waals surface area (Å²) in [6.45, 7) is 4.05. The van der Waals surface area contributed by atoms with Crippen LogP contribution in [0.1, 0.15) is 13.8 Å². The molecule has 0 aromatic carbocycles. The molecule has 0 radical (unpaired) electrons. The summed E-state index contributed by atoms with van der Waals surface area (Å²) in [6.07, 6.45) is 0. The molecule has 0 saturated carbocycles. The zero-order valence-electron chi connectivity index (χ0n) is 5.96. The Morgan fingerprint density at radius 3 is 2.40 bits per heavy atom. The van der Waals surface area contributed by atoms with Crippen molar-refractivity contribution in [3.8, 4) is 0 Å². The van der Waals surface area contributed by atoms with Crippen LogP contribution in [0.2, 0.25) is 0 Å². The number of amides is 2. The molecule has 0 aromatic rings. The number of hydrogen-bond acceptors (Lipinski definition) is 3. The molecule has 3 nitrogen and oxygen atoms in total. The highest BCUT2D eigenvalue weighted by Gasteiger charge is 2.34. The third-order valence-corrected chi connectivity index (χ3v) is 2.41.